The SMILES string of the molecule is CNC(=O)NC(=O)C(C)OC(=O)c1ccccc1NS(=O)(=O)c1ccc(Cl)c([N+](=O)[O-])c1. The summed E-state index contributed by atoms with van der Waals surface area (Å²) in [6.45, 7) is 1.22. The minimum atomic E-state index is -4.36. The van der Waals surface area contributed by atoms with E-state index in [1.165, 1.54) is 38.2 Å². The number of imide groups is 1. The number of para-hydroxylation sites is 1. The van der Waals surface area contributed by atoms with Crippen LogP contribution in [-0.2, 0) is 19.6 Å². The number of rotatable bonds is 7. The number of sulfonamides is 1. The first-order valence-electron chi connectivity index (χ1n) is 8.75. The summed E-state index contributed by atoms with van der Waals surface area (Å²) in [6.07, 6.45) is -1.37. The summed E-state index contributed by atoms with van der Waals surface area (Å²) in [6, 6.07) is 7.45. The molecule has 1 unspecified atom stereocenters. The lowest BCUT2D eigenvalue weighted by Gasteiger charge is -2.15. The quantitative estimate of drug-likeness (QED) is 0.304. The summed E-state index contributed by atoms with van der Waals surface area (Å²) in [5.41, 5.74) is -1.05. The number of amides is 3. The maximum Gasteiger partial charge on any atom is 0.341 e. The summed E-state index contributed by atoms with van der Waals surface area (Å²) in [7, 11) is -3.07. The minimum Gasteiger partial charge on any atom is -0.449 e. The third-order valence-electron chi connectivity index (χ3n) is 3.93. The molecule has 0 saturated heterocycles. The van der Waals surface area contributed by atoms with Crippen molar-refractivity contribution in [2.45, 2.75) is 17.9 Å². The van der Waals surface area contributed by atoms with Crippen molar-refractivity contribution >= 4 is 50.9 Å². The van der Waals surface area contributed by atoms with Gasteiger partial charge in [0.05, 0.1) is 21.1 Å². The van der Waals surface area contributed by atoms with Gasteiger partial charge in [0, 0.05) is 13.1 Å². The first-order chi connectivity index (χ1) is 15.0. The number of halogens is 1. The highest BCUT2D eigenvalue weighted by atomic mass is 35.5. The van der Waals surface area contributed by atoms with E-state index >= 15 is 0 Å². The lowest BCUT2D eigenvalue weighted by Crippen LogP contribution is -2.43. The van der Waals surface area contributed by atoms with Gasteiger partial charge in [-0.2, -0.15) is 0 Å². The molecule has 170 valence electrons. The van der Waals surface area contributed by atoms with Crippen LogP contribution in [0.1, 0.15) is 17.3 Å². The maximum absolute atomic E-state index is 12.7. The molecule has 2 aromatic rings. The van der Waals surface area contributed by atoms with Gasteiger partial charge in [-0.05, 0) is 31.2 Å². The van der Waals surface area contributed by atoms with Crippen LogP contribution in [-0.4, -0.2) is 44.4 Å². The monoisotopic (exact) mass is 484 g/mol. The fraction of sp³-hybridized carbons (Fsp3) is 0.167. The molecule has 0 aromatic heterocycles. The molecule has 2 aromatic carbocycles. The second-order valence-electron chi connectivity index (χ2n) is 6.14. The number of anilines is 1. The molecule has 0 radical (unpaired) electrons. The van der Waals surface area contributed by atoms with E-state index in [0.29, 0.717) is 0 Å². The van der Waals surface area contributed by atoms with Gasteiger partial charge in [-0.1, -0.05) is 23.7 Å². The lowest BCUT2D eigenvalue weighted by atomic mass is 10.2. The average Bonchev–Trinajstić information content (AvgIpc) is 2.73. The Morgan fingerprint density at radius 2 is 1.81 bits per heavy atom. The summed E-state index contributed by atoms with van der Waals surface area (Å²) in [5.74, 6) is -1.95. The van der Waals surface area contributed by atoms with Crippen LogP contribution in [0.15, 0.2) is 47.4 Å². The number of hydrogen-bond acceptors (Lipinski definition) is 8. The van der Waals surface area contributed by atoms with Gasteiger partial charge >= 0.3 is 12.0 Å². The third-order valence-corrected chi connectivity index (χ3v) is 5.62. The number of carbonyl (C=O) groups excluding carboxylic acids is 3. The summed E-state index contributed by atoms with van der Waals surface area (Å²) in [4.78, 5) is 45.3. The van der Waals surface area contributed by atoms with Crippen molar-refractivity contribution in [2.24, 2.45) is 0 Å². The van der Waals surface area contributed by atoms with E-state index in [9.17, 15) is 32.9 Å². The molecular weight excluding hydrogens is 468 g/mol. The molecule has 32 heavy (non-hydrogen) atoms. The number of nitrogens with one attached hydrogen (secondary N) is 3. The molecule has 0 fully saturated rings. The van der Waals surface area contributed by atoms with Crippen LogP contribution in [0.25, 0.3) is 0 Å². The zero-order valence-corrected chi connectivity index (χ0v) is 18.2. The topological polar surface area (TPSA) is 174 Å². The molecule has 0 aliphatic heterocycles. The molecule has 0 aliphatic carbocycles. The molecule has 14 heteroatoms. The molecule has 0 bridgehead atoms. The Balaban J connectivity index is 2.27. The van der Waals surface area contributed by atoms with Crippen molar-refractivity contribution in [3.05, 3.63) is 63.2 Å². The fourth-order valence-corrected chi connectivity index (χ4v) is 3.59. The number of nitro groups is 1. The number of urea groups is 1. The highest BCUT2D eigenvalue weighted by Crippen LogP contribution is 2.28. The number of esters is 1. The number of nitrogens with zero attached hydrogens (tertiary/aromatic N) is 1. The smallest absolute Gasteiger partial charge is 0.341 e. The second kappa shape index (κ2) is 10.1. The van der Waals surface area contributed by atoms with Gasteiger partial charge in [0.2, 0.25) is 0 Å². The van der Waals surface area contributed by atoms with E-state index in [0.717, 1.165) is 18.2 Å². The van der Waals surface area contributed by atoms with Crippen molar-refractivity contribution in [2.75, 3.05) is 11.8 Å². The highest BCUT2D eigenvalue weighted by molar-refractivity contribution is 7.92. The Bertz CT molecular complexity index is 1190. The van der Waals surface area contributed by atoms with Crippen LogP contribution in [0.3, 0.4) is 0 Å². The average molecular weight is 485 g/mol. The van der Waals surface area contributed by atoms with Gasteiger partial charge in [0.1, 0.15) is 5.02 Å². The van der Waals surface area contributed by atoms with Crippen LogP contribution < -0.4 is 15.4 Å². The predicted octanol–water partition coefficient (Wildman–Crippen LogP) is 2.05. The molecule has 3 amide bonds. The zero-order chi connectivity index (χ0) is 24.1. The fourth-order valence-electron chi connectivity index (χ4n) is 2.31. The number of nitro benzene ring substituents is 1. The molecule has 2 rings (SSSR count). The Labute approximate surface area is 187 Å². The lowest BCUT2D eigenvalue weighted by molar-refractivity contribution is -0.384. The number of benzene rings is 2. The van der Waals surface area contributed by atoms with Gasteiger partial charge < -0.3 is 10.1 Å². The Morgan fingerprint density at radius 1 is 1.16 bits per heavy atom. The van der Waals surface area contributed by atoms with Crippen molar-refractivity contribution in [3.63, 3.8) is 0 Å². The molecule has 12 nitrogen and oxygen atoms in total. The van der Waals surface area contributed by atoms with E-state index in [4.69, 9.17) is 16.3 Å². The second-order valence-corrected chi connectivity index (χ2v) is 8.23. The first-order valence-corrected chi connectivity index (χ1v) is 10.6. The predicted molar refractivity (Wildman–Crippen MR) is 113 cm³/mol. The van der Waals surface area contributed by atoms with Crippen molar-refractivity contribution in [1.29, 1.82) is 0 Å². The van der Waals surface area contributed by atoms with Crippen LogP contribution in [0.2, 0.25) is 5.02 Å². The van der Waals surface area contributed by atoms with E-state index in [2.05, 4.69) is 10.0 Å². The normalized spacial score (nSPS) is 11.7. The molecular formula is C18H17ClN4O8S. The third kappa shape index (κ3) is 5.92. The molecule has 3 N–H and O–H groups in total. The summed E-state index contributed by atoms with van der Waals surface area (Å²) < 4.78 is 32.6. The standard InChI is InChI=1S/C18H17ClN4O8S/c1-10(16(24)21-18(26)20-2)31-17(25)12-5-3-4-6-14(12)22-32(29,30)11-7-8-13(19)15(9-11)23(27)28/h3-10,22H,1-2H3,(H2,20,21,24,26). The number of ether oxygens (including phenoxy) is 1. The number of hydrogen-bond donors (Lipinski definition) is 3. The maximum atomic E-state index is 12.7. The van der Waals surface area contributed by atoms with Gasteiger partial charge in [-0.25, -0.2) is 18.0 Å². The van der Waals surface area contributed by atoms with Gasteiger partial charge in [0.25, 0.3) is 21.6 Å². The van der Waals surface area contributed by atoms with E-state index in [-0.39, 0.29) is 16.3 Å². The molecule has 1 atom stereocenters. The van der Waals surface area contributed by atoms with Crippen molar-refractivity contribution in [3.8, 4) is 0 Å². The summed E-state index contributed by atoms with van der Waals surface area (Å²) in [5, 5.41) is 14.9. The molecule has 0 aliphatic rings. The van der Waals surface area contributed by atoms with Gasteiger partial charge in [-0.3, -0.25) is 24.9 Å². The molecule has 0 saturated carbocycles. The van der Waals surface area contributed by atoms with E-state index in [1.54, 1.807) is 0 Å². The van der Waals surface area contributed by atoms with Crippen molar-refractivity contribution < 1.29 is 32.5 Å². The van der Waals surface area contributed by atoms with Crippen LogP contribution >= 0.6 is 11.6 Å². The molecule has 0 heterocycles. The van der Waals surface area contributed by atoms with E-state index in [1.807, 2.05) is 5.32 Å². The van der Waals surface area contributed by atoms with Gasteiger partial charge in [-0.15, -0.1) is 0 Å². The highest BCUT2D eigenvalue weighted by Gasteiger charge is 2.25. The minimum absolute atomic E-state index is 0.200. The number of carbonyl (C=O) groups is 3. The summed E-state index contributed by atoms with van der Waals surface area (Å²) >= 11 is 5.71. The Hall–Kier alpha value is -3.71. The van der Waals surface area contributed by atoms with Crippen LogP contribution in [0.5, 0.6) is 0 Å². The molecule has 0 spiro atoms. The van der Waals surface area contributed by atoms with Crippen LogP contribution in [0.4, 0.5) is 16.2 Å². The largest absolute Gasteiger partial charge is 0.449 e. The van der Waals surface area contributed by atoms with Gasteiger partial charge in [0.15, 0.2) is 6.10 Å². The Kier molecular flexibility index (Phi) is 7.72. The van der Waals surface area contributed by atoms with E-state index < -0.39 is 49.5 Å². The Morgan fingerprint density at radius 3 is 2.44 bits per heavy atom. The van der Waals surface area contributed by atoms with Crippen LogP contribution in [0, 0.1) is 10.1 Å². The first kappa shape index (κ1) is 24.6. The van der Waals surface area contributed by atoms with Crippen molar-refractivity contribution in [1.82, 2.24) is 10.6 Å². The zero-order valence-electron chi connectivity index (χ0n) is 16.6.